The molecule has 0 radical (unpaired) electrons. The Morgan fingerprint density at radius 1 is 0.295 bits per heavy atom. The fourth-order valence-corrected chi connectivity index (χ4v) is 7.47. The van der Waals surface area contributed by atoms with E-state index in [4.69, 9.17) is 0 Å². The molecule has 0 aliphatic carbocycles. The van der Waals surface area contributed by atoms with Crippen molar-refractivity contribution in [3.05, 3.63) is 158 Å². The van der Waals surface area contributed by atoms with Crippen LogP contribution in [-0.2, 0) is 0 Å². The molecule has 7 aromatic carbocycles. The lowest BCUT2D eigenvalue weighted by Gasteiger charge is -2.11. The highest BCUT2D eigenvalue weighted by Crippen LogP contribution is 2.41. The summed E-state index contributed by atoms with van der Waals surface area (Å²) < 4.78 is 4.87. The number of fused-ring (bicyclic) bond motifs is 9. The molecule has 10 aromatic rings. The van der Waals surface area contributed by atoms with Crippen LogP contribution in [0.15, 0.2) is 158 Å². The van der Waals surface area contributed by atoms with E-state index in [2.05, 4.69) is 167 Å². The topological polar surface area (TPSA) is 9.34 Å². The van der Waals surface area contributed by atoms with Gasteiger partial charge in [-0.2, -0.15) is 0 Å². The summed E-state index contributed by atoms with van der Waals surface area (Å²) in [5, 5.41) is 7.78. The van der Waals surface area contributed by atoms with Crippen LogP contribution in [0.25, 0.3) is 87.8 Å². The van der Waals surface area contributed by atoms with Crippen molar-refractivity contribution >= 4 is 59.9 Å². The SMILES string of the molecule is c1ccc(-c2ccc(-n3c4ccccc4c4ccc(-c5ccc6c7cccc8c9ccccc9n(c6c5)c87)cc43)cc2)cc1. The molecular weight excluding hydrogens is 532 g/mol. The number of para-hydroxylation sites is 3. The largest absolute Gasteiger partial charge is 0.309 e. The monoisotopic (exact) mass is 558 g/mol. The van der Waals surface area contributed by atoms with Gasteiger partial charge in [-0.05, 0) is 58.7 Å². The molecule has 44 heavy (non-hydrogen) atoms. The van der Waals surface area contributed by atoms with Crippen molar-refractivity contribution in [1.82, 2.24) is 8.97 Å². The van der Waals surface area contributed by atoms with Gasteiger partial charge >= 0.3 is 0 Å². The van der Waals surface area contributed by atoms with Gasteiger partial charge in [-0.25, -0.2) is 0 Å². The molecule has 0 atom stereocenters. The highest BCUT2D eigenvalue weighted by Gasteiger charge is 2.18. The van der Waals surface area contributed by atoms with Gasteiger partial charge in [-0.1, -0.05) is 121 Å². The van der Waals surface area contributed by atoms with Gasteiger partial charge < -0.3 is 8.97 Å². The van der Waals surface area contributed by atoms with E-state index in [1.807, 2.05) is 0 Å². The van der Waals surface area contributed by atoms with Crippen LogP contribution >= 0.6 is 0 Å². The Labute approximate surface area is 254 Å². The summed E-state index contributed by atoms with van der Waals surface area (Å²) in [5.41, 5.74) is 12.3. The molecule has 0 saturated carbocycles. The molecule has 10 rings (SSSR count). The Balaban J connectivity index is 1.19. The maximum Gasteiger partial charge on any atom is 0.0620 e. The van der Waals surface area contributed by atoms with Gasteiger partial charge in [0.1, 0.15) is 0 Å². The lowest BCUT2D eigenvalue weighted by atomic mass is 10.0. The number of aromatic nitrogens is 2. The zero-order valence-electron chi connectivity index (χ0n) is 23.9. The number of hydrogen-bond acceptors (Lipinski definition) is 0. The van der Waals surface area contributed by atoms with Crippen LogP contribution in [0.1, 0.15) is 0 Å². The van der Waals surface area contributed by atoms with Gasteiger partial charge in [-0.3, -0.25) is 0 Å². The summed E-state index contributed by atoms with van der Waals surface area (Å²) in [7, 11) is 0. The molecule has 0 aliphatic rings. The van der Waals surface area contributed by atoms with Crippen LogP contribution in [-0.4, -0.2) is 8.97 Å². The van der Waals surface area contributed by atoms with Crippen molar-refractivity contribution in [1.29, 1.82) is 0 Å². The van der Waals surface area contributed by atoms with Crippen molar-refractivity contribution in [2.24, 2.45) is 0 Å². The maximum absolute atomic E-state index is 2.46. The zero-order chi connectivity index (χ0) is 28.8. The third kappa shape index (κ3) is 3.20. The number of benzene rings is 7. The molecule has 0 aliphatic heterocycles. The Bertz CT molecular complexity index is 2690. The Hall–Kier alpha value is -5.86. The molecule has 3 heterocycles. The summed E-state index contributed by atoms with van der Waals surface area (Å²) in [6.07, 6.45) is 0. The molecule has 3 aromatic heterocycles. The standard InChI is InChI=1S/C42H26N2/c1-2-9-27(10-3-1)28-17-21-31(22-18-28)43-38-15-6-4-11-32(38)34-23-19-29(25-40(34)43)30-20-24-35-37-14-8-13-36-33-12-5-7-16-39(33)44(42(36)37)41(35)26-30/h1-26H. The predicted octanol–water partition coefficient (Wildman–Crippen LogP) is 11.3. The van der Waals surface area contributed by atoms with E-state index in [9.17, 15) is 0 Å². The molecule has 0 saturated heterocycles. The average Bonchev–Trinajstić information content (AvgIpc) is 3.73. The summed E-state index contributed by atoms with van der Waals surface area (Å²) in [6, 6.07) is 57.7. The Kier molecular flexibility index (Phi) is 4.75. The van der Waals surface area contributed by atoms with Gasteiger partial charge in [0.25, 0.3) is 0 Å². The maximum atomic E-state index is 2.46. The van der Waals surface area contributed by atoms with E-state index in [1.54, 1.807) is 0 Å². The molecule has 2 nitrogen and oxygen atoms in total. The van der Waals surface area contributed by atoms with Crippen LogP contribution < -0.4 is 0 Å². The normalized spacial score (nSPS) is 12.1. The molecular formula is C42H26N2. The second kappa shape index (κ2) is 8.82. The van der Waals surface area contributed by atoms with Crippen molar-refractivity contribution in [2.75, 3.05) is 0 Å². The van der Waals surface area contributed by atoms with Crippen LogP contribution in [0.2, 0.25) is 0 Å². The minimum absolute atomic E-state index is 1.17. The highest BCUT2D eigenvalue weighted by molar-refractivity contribution is 6.23. The van der Waals surface area contributed by atoms with Crippen LogP contribution in [0.5, 0.6) is 0 Å². The summed E-state index contributed by atoms with van der Waals surface area (Å²) in [4.78, 5) is 0. The first-order valence-electron chi connectivity index (χ1n) is 15.2. The fraction of sp³-hybridized carbons (Fsp3) is 0. The highest BCUT2D eigenvalue weighted by atomic mass is 15.0. The molecule has 2 heteroatoms. The van der Waals surface area contributed by atoms with Gasteiger partial charge in [0.15, 0.2) is 0 Å². The lowest BCUT2D eigenvalue weighted by molar-refractivity contribution is 1.18. The molecule has 0 amide bonds. The van der Waals surface area contributed by atoms with E-state index < -0.39 is 0 Å². The van der Waals surface area contributed by atoms with E-state index in [0.717, 1.165) is 0 Å². The van der Waals surface area contributed by atoms with E-state index in [0.29, 0.717) is 0 Å². The van der Waals surface area contributed by atoms with Crippen molar-refractivity contribution in [3.63, 3.8) is 0 Å². The van der Waals surface area contributed by atoms with Gasteiger partial charge in [0.2, 0.25) is 0 Å². The Morgan fingerprint density at radius 2 is 0.795 bits per heavy atom. The smallest absolute Gasteiger partial charge is 0.0620 e. The number of nitrogens with zero attached hydrogens (tertiary/aromatic N) is 2. The first-order valence-corrected chi connectivity index (χ1v) is 15.2. The van der Waals surface area contributed by atoms with Crippen molar-refractivity contribution in [2.45, 2.75) is 0 Å². The summed E-state index contributed by atoms with van der Waals surface area (Å²) in [5.74, 6) is 0. The molecule has 0 unspecified atom stereocenters. The zero-order valence-corrected chi connectivity index (χ0v) is 23.9. The number of rotatable bonds is 3. The van der Waals surface area contributed by atoms with E-state index in [1.165, 1.54) is 87.8 Å². The molecule has 0 N–H and O–H groups in total. The fourth-order valence-electron chi connectivity index (χ4n) is 7.47. The van der Waals surface area contributed by atoms with Crippen molar-refractivity contribution < 1.29 is 0 Å². The lowest BCUT2D eigenvalue weighted by Crippen LogP contribution is -1.94. The average molecular weight is 559 g/mol. The minimum atomic E-state index is 1.17. The second-order valence-corrected chi connectivity index (χ2v) is 11.8. The predicted molar refractivity (Wildman–Crippen MR) is 186 cm³/mol. The second-order valence-electron chi connectivity index (χ2n) is 11.8. The van der Waals surface area contributed by atoms with Crippen LogP contribution in [0, 0.1) is 0 Å². The van der Waals surface area contributed by atoms with E-state index in [-0.39, 0.29) is 0 Å². The first kappa shape index (κ1) is 23.7. The van der Waals surface area contributed by atoms with E-state index >= 15 is 0 Å². The molecule has 0 fully saturated rings. The quantitative estimate of drug-likeness (QED) is 0.204. The third-order valence-corrected chi connectivity index (χ3v) is 9.46. The van der Waals surface area contributed by atoms with Gasteiger partial charge in [0.05, 0.1) is 27.6 Å². The Morgan fingerprint density at radius 3 is 1.52 bits per heavy atom. The molecule has 0 bridgehead atoms. The summed E-state index contributed by atoms with van der Waals surface area (Å²) >= 11 is 0. The minimum Gasteiger partial charge on any atom is -0.309 e. The first-order chi connectivity index (χ1) is 21.8. The van der Waals surface area contributed by atoms with Crippen molar-refractivity contribution in [3.8, 4) is 27.9 Å². The van der Waals surface area contributed by atoms with Gasteiger partial charge in [-0.15, -0.1) is 0 Å². The summed E-state index contributed by atoms with van der Waals surface area (Å²) in [6.45, 7) is 0. The third-order valence-electron chi connectivity index (χ3n) is 9.46. The van der Waals surface area contributed by atoms with Gasteiger partial charge in [0, 0.05) is 38.0 Å². The molecule has 0 spiro atoms. The van der Waals surface area contributed by atoms with Crippen LogP contribution in [0.3, 0.4) is 0 Å². The van der Waals surface area contributed by atoms with Crippen LogP contribution in [0.4, 0.5) is 0 Å². The number of hydrogen-bond donors (Lipinski definition) is 0. The molecule has 204 valence electrons.